The number of nitrogens with zero attached hydrogens (tertiary/aromatic N) is 1. The van der Waals surface area contributed by atoms with Gasteiger partial charge in [0, 0.05) is 30.6 Å². The van der Waals surface area contributed by atoms with Gasteiger partial charge in [-0.25, -0.2) is 0 Å². The number of likely N-dealkylation sites (tertiary alicyclic amines) is 1. The van der Waals surface area contributed by atoms with Crippen LogP contribution >= 0.6 is 0 Å². The molecule has 1 aliphatic heterocycles. The molecule has 3 unspecified atom stereocenters. The van der Waals surface area contributed by atoms with Gasteiger partial charge in [0.05, 0.1) is 5.60 Å². The fourth-order valence-corrected chi connectivity index (χ4v) is 3.12. The minimum absolute atomic E-state index is 0.134. The van der Waals surface area contributed by atoms with E-state index in [1.54, 1.807) is 0 Å². The SMILES string of the molecule is CCC(C)(CN)C1(O)CC(C)N(C2CC2)C1. The Hall–Kier alpha value is -0.120. The van der Waals surface area contributed by atoms with Crippen molar-refractivity contribution in [1.82, 2.24) is 4.90 Å². The summed E-state index contributed by atoms with van der Waals surface area (Å²) in [5, 5.41) is 10.9. The molecule has 1 aliphatic carbocycles. The fraction of sp³-hybridized carbons (Fsp3) is 1.00. The van der Waals surface area contributed by atoms with E-state index in [1.807, 2.05) is 0 Å². The van der Waals surface area contributed by atoms with Crippen molar-refractivity contribution in [3.8, 4) is 0 Å². The topological polar surface area (TPSA) is 49.5 Å². The monoisotopic (exact) mass is 226 g/mol. The summed E-state index contributed by atoms with van der Waals surface area (Å²) in [5.74, 6) is 0. The zero-order chi connectivity index (χ0) is 12.0. The van der Waals surface area contributed by atoms with Crippen LogP contribution in [0.3, 0.4) is 0 Å². The molecule has 2 fully saturated rings. The minimum Gasteiger partial charge on any atom is -0.388 e. The largest absolute Gasteiger partial charge is 0.388 e. The number of nitrogens with two attached hydrogens (primary N) is 1. The molecule has 0 aromatic rings. The maximum absolute atomic E-state index is 10.9. The van der Waals surface area contributed by atoms with Crippen molar-refractivity contribution in [3.63, 3.8) is 0 Å². The van der Waals surface area contributed by atoms with E-state index in [-0.39, 0.29) is 5.41 Å². The average Bonchev–Trinajstić information content (AvgIpc) is 3.04. The highest BCUT2D eigenvalue weighted by Crippen LogP contribution is 2.46. The van der Waals surface area contributed by atoms with E-state index in [9.17, 15) is 5.11 Å². The Kier molecular flexibility index (Phi) is 3.06. The predicted molar refractivity (Wildman–Crippen MR) is 66.2 cm³/mol. The highest BCUT2D eigenvalue weighted by Gasteiger charge is 2.53. The normalized spacial score (nSPS) is 39.9. The molecule has 2 aliphatic rings. The Bertz CT molecular complexity index is 261. The molecule has 0 spiro atoms. The number of hydrogen-bond donors (Lipinski definition) is 2. The van der Waals surface area contributed by atoms with Crippen LogP contribution in [0.4, 0.5) is 0 Å². The Balaban J connectivity index is 2.14. The molecule has 0 aromatic carbocycles. The lowest BCUT2D eigenvalue weighted by atomic mass is 9.70. The van der Waals surface area contributed by atoms with E-state index in [0.717, 1.165) is 25.4 Å². The maximum atomic E-state index is 10.9. The lowest BCUT2D eigenvalue weighted by Crippen LogP contribution is -2.52. The number of rotatable bonds is 4. The van der Waals surface area contributed by atoms with Crippen molar-refractivity contribution in [2.75, 3.05) is 13.1 Å². The lowest BCUT2D eigenvalue weighted by Gasteiger charge is -2.41. The molecular weight excluding hydrogens is 200 g/mol. The summed E-state index contributed by atoms with van der Waals surface area (Å²) in [6.45, 7) is 7.90. The van der Waals surface area contributed by atoms with Crippen LogP contribution in [-0.2, 0) is 0 Å². The molecule has 0 radical (unpaired) electrons. The quantitative estimate of drug-likeness (QED) is 0.761. The van der Waals surface area contributed by atoms with Crippen LogP contribution in [0.25, 0.3) is 0 Å². The van der Waals surface area contributed by atoms with Crippen molar-refractivity contribution < 1.29 is 5.11 Å². The van der Waals surface area contributed by atoms with E-state index < -0.39 is 5.60 Å². The zero-order valence-electron chi connectivity index (χ0n) is 10.9. The molecule has 94 valence electrons. The van der Waals surface area contributed by atoms with Crippen molar-refractivity contribution in [2.45, 2.75) is 64.1 Å². The molecule has 1 saturated carbocycles. The van der Waals surface area contributed by atoms with Crippen LogP contribution in [0, 0.1) is 5.41 Å². The summed E-state index contributed by atoms with van der Waals surface area (Å²) in [4.78, 5) is 2.49. The van der Waals surface area contributed by atoms with E-state index in [2.05, 4.69) is 25.7 Å². The molecule has 3 N–H and O–H groups in total. The third kappa shape index (κ3) is 1.79. The number of hydrogen-bond acceptors (Lipinski definition) is 3. The highest BCUT2D eigenvalue weighted by atomic mass is 16.3. The fourth-order valence-electron chi connectivity index (χ4n) is 3.12. The molecule has 0 aromatic heterocycles. The second kappa shape index (κ2) is 3.97. The first kappa shape index (κ1) is 12.3. The molecule has 0 amide bonds. The molecule has 3 heteroatoms. The zero-order valence-corrected chi connectivity index (χ0v) is 10.9. The summed E-state index contributed by atoms with van der Waals surface area (Å²) in [6, 6.07) is 1.25. The lowest BCUT2D eigenvalue weighted by molar-refractivity contribution is -0.0649. The first-order chi connectivity index (χ1) is 7.46. The summed E-state index contributed by atoms with van der Waals surface area (Å²) in [6.07, 6.45) is 4.45. The van der Waals surface area contributed by atoms with E-state index in [0.29, 0.717) is 12.6 Å². The Labute approximate surface area is 99.0 Å². The second-order valence-electron chi connectivity index (χ2n) is 6.11. The molecular formula is C13H26N2O. The van der Waals surface area contributed by atoms with Crippen LogP contribution < -0.4 is 5.73 Å². The van der Waals surface area contributed by atoms with Crippen molar-refractivity contribution in [3.05, 3.63) is 0 Å². The van der Waals surface area contributed by atoms with Gasteiger partial charge in [0.1, 0.15) is 0 Å². The first-order valence-corrected chi connectivity index (χ1v) is 6.64. The van der Waals surface area contributed by atoms with Crippen molar-refractivity contribution >= 4 is 0 Å². The van der Waals surface area contributed by atoms with Crippen molar-refractivity contribution in [1.29, 1.82) is 0 Å². The van der Waals surface area contributed by atoms with Gasteiger partial charge in [-0.05, 0) is 32.6 Å². The van der Waals surface area contributed by atoms with E-state index in [4.69, 9.17) is 5.73 Å². The summed E-state index contributed by atoms with van der Waals surface area (Å²) >= 11 is 0. The molecule has 16 heavy (non-hydrogen) atoms. The van der Waals surface area contributed by atoms with E-state index >= 15 is 0 Å². The van der Waals surface area contributed by atoms with Crippen molar-refractivity contribution in [2.24, 2.45) is 11.1 Å². The van der Waals surface area contributed by atoms with Gasteiger partial charge in [-0.2, -0.15) is 0 Å². The van der Waals surface area contributed by atoms with Gasteiger partial charge in [-0.3, -0.25) is 4.90 Å². The van der Waals surface area contributed by atoms with Gasteiger partial charge in [-0.15, -0.1) is 0 Å². The first-order valence-electron chi connectivity index (χ1n) is 6.64. The second-order valence-corrected chi connectivity index (χ2v) is 6.11. The predicted octanol–water partition coefficient (Wildman–Crippen LogP) is 1.35. The maximum Gasteiger partial charge on any atom is 0.0854 e. The van der Waals surface area contributed by atoms with Gasteiger partial charge in [0.15, 0.2) is 0 Å². The minimum atomic E-state index is -0.585. The van der Waals surface area contributed by atoms with Gasteiger partial charge in [0.2, 0.25) is 0 Å². The average molecular weight is 226 g/mol. The number of β-amino-alcohol motifs (C(OH)–C–C–N with tert-alkyl or cyclic N) is 1. The van der Waals surface area contributed by atoms with Crippen LogP contribution in [0.15, 0.2) is 0 Å². The van der Waals surface area contributed by atoms with E-state index in [1.165, 1.54) is 12.8 Å². The van der Waals surface area contributed by atoms with Crippen LogP contribution in [0.2, 0.25) is 0 Å². The number of aliphatic hydroxyl groups is 1. The van der Waals surface area contributed by atoms with Crippen LogP contribution in [0.1, 0.15) is 46.5 Å². The summed E-state index contributed by atoms with van der Waals surface area (Å²) < 4.78 is 0. The Morgan fingerprint density at radius 3 is 2.56 bits per heavy atom. The van der Waals surface area contributed by atoms with Gasteiger partial charge in [0.25, 0.3) is 0 Å². The van der Waals surface area contributed by atoms with Crippen LogP contribution in [-0.4, -0.2) is 40.8 Å². The molecule has 3 nitrogen and oxygen atoms in total. The summed E-state index contributed by atoms with van der Waals surface area (Å²) in [7, 11) is 0. The Morgan fingerprint density at radius 2 is 2.12 bits per heavy atom. The van der Waals surface area contributed by atoms with Gasteiger partial charge < -0.3 is 10.8 Å². The summed E-state index contributed by atoms with van der Waals surface area (Å²) in [5.41, 5.74) is 5.17. The third-order valence-corrected chi connectivity index (χ3v) is 5.01. The molecule has 1 saturated heterocycles. The third-order valence-electron chi connectivity index (χ3n) is 5.01. The highest BCUT2D eigenvalue weighted by molar-refractivity contribution is 5.07. The Morgan fingerprint density at radius 1 is 1.50 bits per heavy atom. The molecule has 3 atom stereocenters. The van der Waals surface area contributed by atoms with Crippen LogP contribution in [0.5, 0.6) is 0 Å². The molecule has 2 rings (SSSR count). The van der Waals surface area contributed by atoms with Gasteiger partial charge >= 0.3 is 0 Å². The standard InChI is InChI=1S/C13H26N2O/c1-4-12(3,8-14)13(16)7-10(2)15(9-13)11-5-6-11/h10-11,16H,4-9,14H2,1-3H3. The van der Waals surface area contributed by atoms with Gasteiger partial charge in [-0.1, -0.05) is 13.8 Å². The molecule has 0 bridgehead atoms. The molecule has 1 heterocycles. The smallest absolute Gasteiger partial charge is 0.0854 e.